The number of nitrogens with one attached hydrogen (secondary N) is 1. The maximum atomic E-state index is 12.2. The van der Waals surface area contributed by atoms with Crippen molar-refractivity contribution in [2.45, 2.75) is 39.7 Å². The molecule has 0 unspecified atom stereocenters. The van der Waals surface area contributed by atoms with E-state index >= 15 is 0 Å². The first-order valence-corrected chi connectivity index (χ1v) is 8.99. The summed E-state index contributed by atoms with van der Waals surface area (Å²) in [5, 5.41) is 24.3. The summed E-state index contributed by atoms with van der Waals surface area (Å²) in [4.78, 5) is 22.9. The molecule has 1 amide bonds. The lowest BCUT2D eigenvalue weighted by Crippen LogP contribution is -2.48. The van der Waals surface area contributed by atoms with Crippen LogP contribution in [0, 0.1) is 5.41 Å². The van der Waals surface area contributed by atoms with Gasteiger partial charge in [0.05, 0.1) is 5.71 Å². The lowest BCUT2D eigenvalue weighted by molar-refractivity contribution is -0.131. The summed E-state index contributed by atoms with van der Waals surface area (Å²) in [5.41, 5.74) is 3.05. The van der Waals surface area contributed by atoms with E-state index in [1.54, 1.807) is 56.3 Å². The molecule has 0 spiro atoms. The van der Waals surface area contributed by atoms with Gasteiger partial charge in [0.2, 0.25) is 0 Å². The third kappa shape index (κ3) is 4.84. The number of hydrazone groups is 1. The molecule has 6 nitrogen and oxygen atoms in total. The van der Waals surface area contributed by atoms with Crippen molar-refractivity contribution < 1.29 is 19.8 Å². The van der Waals surface area contributed by atoms with Crippen LogP contribution >= 0.6 is 0 Å². The number of aliphatic hydroxyl groups is 1. The first kappa shape index (κ1) is 21.3. The van der Waals surface area contributed by atoms with Crippen LogP contribution in [0.15, 0.2) is 70.9 Å². The predicted octanol–water partition coefficient (Wildman–Crippen LogP) is 3.47. The van der Waals surface area contributed by atoms with Crippen LogP contribution in [0.1, 0.15) is 44.5 Å². The Morgan fingerprint density at radius 2 is 1.86 bits per heavy atom. The number of allylic oxidation sites excluding steroid dienone is 3. The number of benzene rings is 1. The van der Waals surface area contributed by atoms with Crippen LogP contribution in [0.4, 0.5) is 0 Å². The fourth-order valence-corrected chi connectivity index (χ4v) is 3.23. The Kier molecular flexibility index (Phi) is 6.36. The van der Waals surface area contributed by atoms with Crippen LogP contribution in [-0.4, -0.2) is 33.4 Å². The Morgan fingerprint density at radius 1 is 1.21 bits per heavy atom. The first-order chi connectivity index (χ1) is 13.0. The zero-order chi connectivity index (χ0) is 20.9. The van der Waals surface area contributed by atoms with Gasteiger partial charge in [-0.3, -0.25) is 4.79 Å². The number of carboxylic acid groups (broad SMARTS) is 1. The zero-order valence-electron chi connectivity index (χ0n) is 16.6. The van der Waals surface area contributed by atoms with Gasteiger partial charge in [0.1, 0.15) is 5.60 Å². The average molecular weight is 382 g/mol. The molecule has 0 heterocycles. The number of carbonyl (C=O) groups excluding carboxylic acids is 1. The standard InChI is InChI=1S/C22H26N2O4/c1-15(12-19(25)26)10-11-22(28)16(2)13-18(14-21(22,3)4)23-24-20(27)17-8-6-5-7-9-17/h5-13,28H,14H2,1-4H3,(H,24,27)(H,25,26)/b11-10+,15-12-,23-18-/t22-/m1/s1. The minimum absolute atomic E-state index is 0.299. The third-order valence-corrected chi connectivity index (χ3v) is 4.91. The Morgan fingerprint density at radius 3 is 2.43 bits per heavy atom. The summed E-state index contributed by atoms with van der Waals surface area (Å²) < 4.78 is 0. The van der Waals surface area contributed by atoms with Gasteiger partial charge in [-0.1, -0.05) is 38.1 Å². The molecule has 2 rings (SSSR count). The molecule has 0 aromatic heterocycles. The molecule has 28 heavy (non-hydrogen) atoms. The summed E-state index contributed by atoms with van der Waals surface area (Å²) >= 11 is 0. The van der Waals surface area contributed by atoms with Crippen molar-refractivity contribution in [1.29, 1.82) is 0 Å². The van der Waals surface area contributed by atoms with Crippen molar-refractivity contribution >= 4 is 17.6 Å². The number of amides is 1. The van der Waals surface area contributed by atoms with Gasteiger partial charge in [-0.05, 0) is 55.7 Å². The van der Waals surface area contributed by atoms with E-state index in [1.807, 2.05) is 19.9 Å². The fourth-order valence-electron chi connectivity index (χ4n) is 3.23. The van der Waals surface area contributed by atoms with Crippen molar-refractivity contribution in [3.05, 3.63) is 71.3 Å². The van der Waals surface area contributed by atoms with Gasteiger partial charge in [-0.2, -0.15) is 5.10 Å². The van der Waals surface area contributed by atoms with Gasteiger partial charge in [-0.25, -0.2) is 10.2 Å². The van der Waals surface area contributed by atoms with Gasteiger partial charge < -0.3 is 10.2 Å². The van der Waals surface area contributed by atoms with Gasteiger partial charge in [-0.15, -0.1) is 0 Å². The topological polar surface area (TPSA) is 99.0 Å². The van der Waals surface area contributed by atoms with Gasteiger partial charge in [0.25, 0.3) is 5.91 Å². The highest BCUT2D eigenvalue weighted by Gasteiger charge is 2.46. The number of carbonyl (C=O) groups is 2. The molecule has 1 aromatic rings. The van der Waals surface area contributed by atoms with Crippen LogP contribution in [0.2, 0.25) is 0 Å². The van der Waals surface area contributed by atoms with Gasteiger partial charge in [0, 0.05) is 17.1 Å². The number of aliphatic carboxylic acids is 1. The third-order valence-electron chi connectivity index (χ3n) is 4.91. The van der Waals surface area contributed by atoms with Crippen molar-refractivity contribution in [2.75, 3.05) is 0 Å². The summed E-state index contributed by atoms with van der Waals surface area (Å²) in [6, 6.07) is 8.81. The van der Waals surface area contributed by atoms with Crippen LogP contribution in [-0.2, 0) is 4.79 Å². The molecular weight excluding hydrogens is 356 g/mol. The monoisotopic (exact) mass is 382 g/mol. The Balaban J connectivity index is 2.24. The number of nitrogens with zero attached hydrogens (tertiary/aromatic N) is 1. The second-order valence-electron chi connectivity index (χ2n) is 7.62. The molecule has 0 saturated heterocycles. The summed E-state index contributed by atoms with van der Waals surface area (Å²) in [6.07, 6.45) is 6.49. The normalized spacial score (nSPS) is 23.5. The van der Waals surface area contributed by atoms with E-state index in [1.165, 1.54) is 0 Å². The van der Waals surface area contributed by atoms with Crippen LogP contribution in [0.5, 0.6) is 0 Å². The second kappa shape index (κ2) is 8.35. The molecule has 0 saturated carbocycles. The first-order valence-electron chi connectivity index (χ1n) is 8.99. The molecule has 1 aromatic carbocycles. The smallest absolute Gasteiger partial charge is 0.328 e. The van der Waals surface area contributed by atoms with E-state index in [9.17, 15) is 14.7 Å². The summed E-state index contributed by atoms with van der Waals surface area (Å²) in [5.74, 6) is -1.33. The minimum Gasteiger partial charge on any atom is -0.478 e. The molecule has 6 heteroatoms. The molecule has 0 radical (unpaired) electrons. The molecule has 1 aliphatic carbocycles. The molecular formula is C22H26N2O4. The molecule has 148 valence electrons. The number of carboxylic acids is 1. The van der Waals surface area contributed by atoms with E-state index in [2.05, 4.69) is 10.5 Å². The summed E-state index contributed by atoms with van der Waals surface area (Å²) in [7, 11) is 0. The largest absolute Gasteiger partial charge is 0.478 e. The lowest BCUT2D eigenvalue weighted by Gasteiger charge is -2.44. The Bertz CT molecular complexity index is 879. The molecule has 0 bridgehead atoms. The zero-order valence-corrected chi connectivity index (χ0v) is 16.6. The molecule has 0 fully saturated rings. The van der Waals surface area contributed by atoms with E-state index in [4.69, 9.17) is 5.11 Å². The van der Waals surface area contributed by atoms with Gasteiger partial charge in [0.15, 0.2) is 0 Å². The van der Waals surface area contributed by atoms with Crippen LogP contribution < -0.4 is 5.43 Å². The highest BCUT2D eigenvalue weighted by Crippen LogP contribution is 2.44. The van der Waals surface area contributed by atoms with Gasteiger partial charge >= 0.3 is 5.97 Å². The molecule has 3 N–H and O–H groups in total. The number of hydrogen-bond donors (Lipinski definition) is 3. The Hall–Kier alpha value is -2.99. The average Bonchev–Trinajstić information content (AvgIpc) is 2.62. The van der Waals surface area contributed by atoms with E-state index < -0.39 is 17.0 Å². The quantitative estimate of drug-likeness (QED) is 0.412. The van der Waals surface area contributed by atoms with Crippen molar-refractivity contribution in [1.82, 2.24) is 5.43 Å². The summed E-state index contributed by atoms with van der Waals surface area (Å²) in [6.45, 7) is 7.25. The van der Waals surface area contributed by atoms with Crippen LogP contribution in [0.3, 0.4) is 0 Å². The second-order valence-corrected chi connectivity index (χ2v) is 7.62. The molecule has 1 atom stereocenters. The molecule has 1 aliphatic rings. The lowest BCUT2D eigenvalue weighted by atomic mass is 9.64. The van der Waals surface area contributed by atoms with Crippen LogP contribution in [0.25, 0.3) is 0 Å². The van der Waals surface area contributed by atoms with Crippen molar-refractivity contribution in [3.8, 4) is 0 Å². The maximum Gasteiger partial charge on any atom is 0.328 e. The fraction of sp³-hybridized carbons (Fsp3) is 0.318. The van der Waals surface area contributed by atoms with E-state index in [0.29, 0.717) is 28.8 Å². The van der Waals surface area contributed by atoms with Crippen molar-refractivity contribution in [3.63, 3.8) is 0 Å². The minimum atomic E-state index is -1.26. The van der Waals surface area contributed by atoms with E-state index in [-0.39, 0.29) is 5.91 Å². The highest BCUT2D eigenvalue weighted by atomic mass is 16.4. The number of rotatable bonds is 5. The molecule has 0 aliphatic heterocycles. The maximum absolute atomic E-state index is 12.2. The predicted molar refractivity (Wildman–Crippen MR) is 109 cm³/mol. The van der Waals surface area contributed by atoms with E-state index in [0.717, 1.165) is 6.08 Å². The SMILES string of the molecule is CC1=C/C(=N/NC(=O)c2ccccc2)CC(C)(C)[C@@]1(O)/C=C/C(C)=C\C(=O)O. The highest BCUT2D eigenvalue weighted by molar-refractivity contribution is 6.00. The number of hydrogen-bond acceptors (Lipinski definition) is 4. The van der Waals surface area contributed by atoms with Crippen molar-refractivity contribution in [2.24, 2.45) is 10.5 Å². The Labute approximate surface area is 165 Å².